The Bertz CT molecular complexity index is 993. The molecule has 0 radical (unpaired) electrons. The molecule has 0 aliphatic rings. The molecule has 0 amide bonds. The van der Waals surface area contributed by atoms with Crippen molar-refractivity contribution in [2.45, 2.75) is 6.92 Å². The van der Waals surface area contributed by atoms with Gasteiger partial charge in [0.2, 0.25) is 0 Å². The van der Waals surface area contributed by atoms with Crippen molar-refractivity contribution < 1.29 is 0 Å². The van der Waals surface area contributed by atoms with Crippen molar-refractivity contribution in [3.8, 4) is 5.69 Å². The SMILES string of the molecule is Cc1cc(-n2[nH]c3c(cnc4ccccc43)c2=O)cs1. The third-order valence-electron chi connectivity index (χ3n) is 3.41. The topological polar surface area (TPSA) is 50.7 Å². The Hall–Kier alpha value is -2.40. The summed E-state index contributed by atoms with van der Waals surface area (Å²) < 4.78 is 1.59. The van der Waals surface area contributed by atoms with Crippen LogP contribution in [0.5, 0.6) is 0 Å². The number of fused-ring (bicyclic) bond motifs is 3. The van der Waals surface area contributed by atoms with Crippen LogP contribution in [0, 0.1) is 6.92 Å². The van der Waals surface area contributed by atoms with Gasteiger partial charge in [-0.25, -0.2) is 4.68 Å². The van der Waals surface area contributed by atoms with Gasteiger partial charge in [-0.05, 0) is 19.1 Å². The van der Waals surface area contributed by atoms with E-state index < -0.39 is 0 Å². The number of aromatic nitrogens is 3. The van der Waals surface area contributed by atoms with Crippen LogP contribution in [0.1, 0.15) is 4.88 Å². The molecule has 20 heavy (non-hydrogen) atoms. The molecule has 5 heteroatoms. The fourth-order valence-corrected chi connectivity index (χ4v) is 3.10. The highest BCUT2D eigenvalue weighted by atomic mass is 32.1. The fraction of sp³-hybridized carbons (Fsp3) is 0.0667. The van der Waals surface area contributed by atoms with E-state index in [1.807, 2.05) is 42.6 Å². The third-order valence-corrected chi connectivity index (χ3v) is 4.26. The number of thiophene rings is 1. The van der Waals surface area contributed by atoms with Gasteiger partial charge in [-0.3, -0.25) is 14.9 Å². The lowest BCUT2D eigenvalue weighted by Crippen LogP contribution is -2.13. The first-order valence-corrected chi connectivity index (χ1v) is 7.16. The van der Waals surface area contributed by atoms with Crippen LogP contribution in [-0.2, 0) is 0 Å². The average molecular weight is 281 g/mol. The molecule has 0 spiro atoms. The highest BCUT2D eigenvalue weighted by Gasteiger charge is 2.12. The van der Waals surface area contributed by atoms with E-state index in [0.717, 1.165) is 22.1 Å². The Balaban J connectivity index is 2.12. The molecule has 0 saturated carbocycles. The molecule has 0 atom stereocenters. The van der Waals surface area contributed by atoms with Crippen molar-refractivity contribution in [2.24, 2.45) is 0 Å². The van der Waals surface area contributed by atoms with Gasteiger partial charge in [0.15, 0.2) is 0 Å². The predicted molar refractivity (Wildman–Crippen MR) is 81.8 cm³/mol. The lowest BCUT2D eigenvalue weighted by Gasteiger charge is -1.97. The van der Waals surface area contributed by atoms with E-state index in [2.05, 4.69) is 10.1 Å². The smallest absolute Gasteiger partial charge is 0.280 e. The molecule has 0 aliphatic heterocycles. The van der Waals surface area contributed by atoms with Crippen LogP contribution in [0.4, 0.5) is 0 Å². The molecule has 0 fully saturated rings. The van der Waals surface area contributed by atoms with Gasteiger partial charge in [-0.2, -0.15) is 0 Å². The van der Waals surface area contributed by atoms with Crippen LogP contribution >= 0.6 is 11.3 Å². The summed E-state index contributed by atoms with van der Waals surface area (Å²) in [5.74, 6) is 0. The normalized spacial score (nSPS) is 11.4. The molecule has 0 saturated heterocycles. The van der Waals surface area contributed by atoms with Crippen LogP contribution in [0.15, 0.2) is 46.7 Å². The molecule has 4 aromatic rings. The first kappa shape index (κ1) is 11.4. The zero-order valence-electron chi connectivity index (χ0n) is 10.8. The summed E-state index contributed by atoms with van der Waals surface area (Å²) in [5.41, 5.74) is 2.54. The number of rotatable bonds is 1. The second-order valence-electron chi connectivity index (χ2n) is 4.73. The highest BCUT2D eigenvalue weighted by molar-refractivity contribution is 7.10. The van der Waals surface area contributed by atoms with E-state index in [1.54, 1.807) is 22.2 Å². The first-order chi connectivity index (χ1) is 9.74. The number of aromatic amines is 1. The molecule has 98 valence electrons. The van der Waals surface area contributed by atoms with Gasteiger partial charge in [0, 0.05) is 21.8 Å². The number of H-pyrrole nitrogens is 1. The van der Waals surface area contributed by atoms with Crippen molar-refractivity contribution >= 4 is 33.1 Å². The molecular formula is C15H11N3OS. The predicted octanol–water partition coefficient (Wildman–Crippen LogP) is 3.24. The number of nitrogens with one attached hydrogen (secondary N) is 1. The van der Waals surface area contributed by atoms with Crippen LogP contribution in [0.25, 0.3) is 27.5 Å². The summed E-state index contributed by atoms with van der Waals surface area (Å²) in [6.45, 7) is 2.03. The van der Waals surface area contributed by atoms with Gasteiger partial charge in [0.1, 0.15) is 0 Å². The van der Waals surface area contributed by atoms with E-state index in [0.29, 0.717) is 5.39 Å². The molecule has 0 unspecified atom stereocenters. The lowest BCUT2D eigenvalue weighted by molar-refractivity contribution is 0.868. The van der Waals surface area contributed by atoms with Crippen LogP contribution in [0.3, 0.4) is 0 Å². The van der Waals surface area contributed by atoms with E-state index in [1.165, 1.54) is 4.88 Å². The van der Waals surface area contributed by atoms with Gasteiger partial charge in [-0.15, -0.1) is 11.3 Å². The molecule has 0 aliphatic carbocycles. The Morgan fingerprint density at radius 3 is 2.90 bits per heavy atom. The number of benzene rings is 1. The van der Waals surface area contributed by atoms with Crippen LogP contribution in [-0.4, -0.2) is 14.8 Å². The first-order valence-electron chi connectivity index (χ1n) is 6.28. The maximum atomic E-state index is 12.5. The fourth-order valence-electron chi connectivity index (χ4n) is 2.44. The molecular weight excluding hydrogens is 270 g/mol. The minimum absolute atomic E-state index is 0.0592. The Morgan fingerprint density at radius 2 is 2.10 bits per heavy atom. The Labute approximate surface area is 118 Å². The van der Waals surface area contributed by atoms with Crippen molar-refractivity contribution in [2.75, 3.05) is 0 Å². The van der Waals surface area contributed by atoms with Crippen molar-refractivity contribution in [3.05, 3.63) is 57.1 Å². The number of hydrogen-bond acceptors (Lipinski definition) is 3. The van der Waals surface area contributed by atoms with Gasteiger partial charge in [-0.1, -0.05) is 18.2 Å². The number of pyridine rings is 1. The lowest BCUT2D eigenvalue weighted by atomic mass is 10.2. The zero-order valence-corrected chi connectivity index (χ0v) is 11.6. The average Bonchev–Trinajstić information content (AvgIpc) is 3.03. The Morgan fingerprint density at radius 1 is 1.25 bits per heavy atom. The van der Waals surface area contributed by atoms with Gasteiger partial charge >= 0.3 is 0 Å². The summed E-state index contributed by atoms with van der Waals surface area (Å²) in [6, 6.07) is 9.81. The molecule has 4 nitrogen and oxygen atoms in total. The maximum Gasteiger partial charge on any atom is 0.280 e. The third kappa shape index (κ3) is 1.53. The molecule has 1 aromatic carbocycles. The van der Waals surface area contributed by atoms with Crippen molar-refractivity contribution in [3.63, 3.8) is 0 Å². The second-order valence-corrected chi connectivity index (χ2v) is 5.85. The molecule has 3 heterocycles. The van der Waals surface area contributed by atoms with E-state index in [-0.39, 0.29) is 5.56 Å². The van der Waals surface area contributed by atoms with Crippen molar-refractivity contribution in [1.82, 2.24) is 14.8 Å². The van der Waals surface area contributed by atoms with E-state index in [9.17, 15) is 4.79 Å². The molecule has 0 bridgehead atoms. The summed E-state index contributed by atoms with van der Waals surface area (Å²) in [4.78, 5) is 18.0. The molecule has 1 N–H and O–H groups in total. The Kier molecular flexibility index (Phi) is 2.31. The summed E-state index contributed by atoms with van der Waals surface area (Å²) in [7, 11) is 0. The summed E-state index contributed by atoms with van der Waals surface area (Å²) in [5, 5.41) is 6.76. The quantitative estimate of drug-likeness (QED) is 0.582. The highest BCUT2D eigenvalue weighted by Crippen LogP contribution is 2.22. The number of aryl methyl sites for hydroxylation is 1. The van der Waals surface area contributed by atoms with Gasteiger partial charge in [0.05, 0.1) is 22.1 Å². The molecule has 3 aromatic heterocycles. The monoisotopic (exact) mass is 281 g/mol. The zero-order chi connectivity index (χ0) is 13.7. The minimum atomic E-state index is -0.0592. The van der Waals surface area contributed by atoms with Crippen molar-refractivity contribution in [1.29, 1.82) is 0 Å². The number of para-hydroxylation sites is 1. The van der Waals surface area contributed by atoms with Gasteiger partial charge < -0.3 is 0 Å². The largest absolute Gasteiger partial charge is 0.290 e. The standard InChI is InChI=1S/C15H11N3OS/c1-9-6-10(8-20-9)18-15(19)12-7-16-13-5-3-2-4-11(13)14(12)17-18/h2-8,17H,1H3. The van der Waals surface area contributed by atoms with E-state index in [4.69, 9.17) is 0 Å². The second kappa shape index (κ2) is 4.05. The van der Waals surface area contributed by atoms with Crippen LogP contribution in [0.2, 0.25) is 0 Å². The van der Waals surface area contributed by atoms with Crippen LogP contribution < -0.4 is 5.56 Å². The summed E-state index contributed by atoms with van der Waals surface area (Å²) >= 11 is 1.63. The number of hydrogen-bond donors (Lipinski definition) is 1. The van der Waals surface area contributed by atoms with E-state index >= 15 is 0 Å². The van der Waals surface area contributed by atoms with Gasteiger partial charge in [0.25, 0.3) is 5.56 Å². The summed E-state index contributed by atoms with van der Waals surface area (Å²) in [6.07, 6.45) is 1.65. The minimum Gasteiger partial charge on any atom is -0.290 e. The maximum absolute atomic E-state index is 12.5. The molecule has 4 rings (SSSR count). The number of nitrogens with zero attached hydrogens (tertiary/aromatic N) is 2.